The van der Waals surface area contributed by atoms with Gasteiger partial charge in [0.2, 0.25) is 0 Å². The lowest BCUT2D eigenvalue weighted by molar-refractivity contribution is -0.170. The normalized spacial score (nSPS) is 24.4. The molecule has 0 aliphatic carbocycles. The summed E-state index contributed by atoms with van der Waals surface area (Å²) in [6.45, 7) is 11.0. The van der Waals surface area contributed by atoms with Crippen molar-refractivity contribution >= 4 is 11.7 Å². The molecule has 0 spiro atoms. The summed E-state index contributed by atoms with van der Waals surface area (Å²) in [4.78, 5) is 17.0. The van der Waals surface area contributed by atoms with E-state index in [2.05, 4.69) is 16.3 Å². The van der Waals surface area contributed by atoms with Crippen LogP contribution in [0.5, 0.6) is 5.75 Å². The highest BCUT2D eigenvalue weighted by Gasteiger charge is 2.40. The van der Waals surface area contributed by atoms with E-state index >= 15 is 0 Å². The number of urea groups is 1. The Kier molecular flexibility index (Phi) is 5.06. The van der Waals surface area contributed by atoms with Crippen LogP contribution in [0.2, 0.25) is 0 Å². The molecule has 0 aromatic heterocycles. The monoisotopic (exact) mass is 361 g/mol. The Morgan fingerprint density at radius 2 is 1.85 bits per heavy atom. The Balaban J connectivity index is 1.61. The van der Waals surface area contributed by atoms with Gasteiger partial charge in [0.15, 0.2) is 0 Å². The summed E-state index contributed by atoms with van der Waals surface area (Å²) in [7, 11) is 1.69. The van der Waals surface area contributed by atoms with Gasteiger partial charge in [-0.3, -0.25) is 0 Å². The summed E-state index contributed by atoms with van der Waals surface area (Å²) in [6.07, 6.45) is 0.931. The Bertz CT molecular complexity index is 643. The van der Waals surface area contributed by atoms with Crippen molar-refractivity contribution < 1.29 is 14.3 Å². The molecular weight excluding hydrogens is 330 g/mol. The number of anilines is 1. The third-order valence-corrected chi connectivity index (χ3v) is 4.92. The molecule has 0 saturated carbocycles. The van der Waals surface area contributed by atoms with Crippen LogP contribution in [0.3, 0.4) is 0 Å². The minimum Gasteiger partial charge on any atom is -0.495 e. The van der Waals surface area contributed by atoms with Crippen molar-refractivity contribution in [2.75, 3.05) is 38.2 Å². The average molecular weight is 361 g/mol. The number of carbonyl (C=O) groups excluding carboxylic acids is 1. The van der Waals surface area contributed by atoms with Gasteiger partial charge < -0.3 is 24.6 Å². The Labute approximate surface area is 156 Å². The van der Waals surface area contributed by atoms with E-state index in [1.165, 1.54) is 0 Å². The minimum atomic E-state index is -0.335. The Hall–Kier alpha value is -1.95. The van der Waals surface area contributed by atoms with Gasteiger partial charge in [-0.15, -0.1) is 0 Å². The zero-order chi connectivity index (χ0) is 18.9. The molecule has 26 heavy (non-hydrogen) atoms. The number of nitrogens with zero attached hydrogens (tertiary/aromatic N) is 2. The van der Waals surface area contributed by atoms with E-state index in [1.807, 2.05) is 50.8 Å². The number of amides is 2. The molecule has 1 aromatic rings. The first kappa shape index (κ1) is 18.8. The van der Waals surface area contributed by atoms with Crippen molar-refractivity contribution in [1.29, 1.82) is 0 Å². The summed E-state index contributed by atoms with van der Waals surface area (Å²) in [5, 5.41) is 3.21. The van der Waals surface area contributed by atoms with Crippen LogP contribution in [0.1, 0.15) is 34.1 Å². The molecule has 1 atom stereocenters. The molecule has 3 rings (SSSR count). The molecule has 1 aromatic carbocycles. The molecule has 2 aliphatic heterocycles. The fraction of sp³-hybridized carbons (Fsp3) is 0.650. The van der Waals surface area contributed by atoms with Crippen LogP contribution < -0.4 is 15.0 Å². The third-order valence-electron chi connectivity index (χ3n) is 4.92. The zero-order valence-electron chi connectivity index (χ0n) is 16.5. The molecule has 2 saturated heterocycles. The maximum atomic E-state index is 12.8. The van der Waals surface area contributed by atoms with Crippen molar-refractivity contribution in [3.8, 4) is 5.75 Å². The molecule has 1 unspecified atom stereocenters. The SMILES string of the molecule is COc1ccccc1N1CCC(NC(=O)N2CC(C)(C)OC(C)(C)C2)C1. The van der Waals surface area contributed by atoms with Gasteiger partial charge in [0, 0.05) is 19.1 Å². The van der Waals surface area contributed by atoms with Crippen LogP contribution in [0.15, 0.2) is 24.3 Å². The van der Waals surface area contributed by atoms with Crippen LogP contribution >= 0.6 is 0 Å². The standard InChI is InChI=1S/C20H31N3O3/c1-19(2)13-23(14-20(3,4)26-19)18(24)21-15-10-11-22(12-15)16-8-6-7-9-17(16)25-5/h6-9,15H,10-14H2,1-5H3,(H,21,24). The van der Waals surface area contributed by atoms with E-state index in [4.69, 9.17) is 9.47 Å². The fourth-order valence-corrected chi connectivity index (χ4v) is 4.19. The second-order valence-electron chi connectivity index (χ2n) is 8.53. The average Bonchev–Trinajstić information content (AvgIpc) is 3.00. The molecule has 2 aliphatic rings. The van der Waals surface area contributed by atoms with Crippen LogP contribution in [-0.4, -0.2) is 61.5 Å². The quantitative estimate of drug-likeness (QED) is 0.899. The number of ether oxygens (including phenoxy) is 2. The molecule has 2 heterocycles. The number of rotatable bonds is 3. The molecule has 6 heteroatoms. The Morgan fingerprint density at radius 3 is 2.50 bits per heavy atom. The summed E-state index contributed by atoms with van der Waals surface area (Å²) in [5.74, 6) is 0.871. The van der Waals surface area contributed by atoms with Crippen LogP contribution in [0.25, 0.3) is 0 Å². The third kappa shape index (κ3) is 4.23. The van der Waals surface area contributed by atoms with Crippen molar-refractivity contribution in [1.82, 2.24) is 10.2 Å². The Morgan fingerprint density at radius 1 is 1.19 bits per heavy atom. The molecule has 0 bridgehead atoms. The summed E-state index contributed by atoms with van der Waals surface area (Å²) in [6, 6.07) is 8.17. The highest BCUT2D eigenvalue weighted by Crippen LogP contribution is 2.31. The lowest BCUT2D eigenvalue weighted by atomic mass is 9.99. The maximum absolute atomic E-state index is 12.8. The van der Waals surface area contributed by atoms with Gasteiger partial charge in [0.05, 0.1) is 37.1 Å². The zero-order valence-corrected chi connectivity index (χ0v) is 16.5. The summed E-state index contributed by atoms with van der Waals surface area (Å²) >= 11 is 0. The van der Waals surface area contributed by atoms with E-state index in [1.54, 1.807) is 7.11 Å². The first-order valence-electron chi connectivity index (χ1n) is 9.33. The van der Waals surface area contributed by atoms with E-state index in [0.29, 0.717) is 13.1 Å². The van der Waals surface area contributed by atoms with E-state index < -0.39 is 0 Å². The summed E-state index contributed by atoms with van der Waals surface area (Å²) < 4.78 is 11.5. The second-order valence-corrected chi connectivity index (χ2v) is 8.53. The number of para-hydroxylation sites is 2. The molecule has 2 amide bonds. The van der Waals surface area contributed by atoms with Crippen LogP contribution in [-0.2, 0) is 4.74 Å². The number of hydrogen-bond acceptors (Lipinski definition) is 4. The van der Waals surface area contributed by atoms with Crippen molar-refractivity contribution in [2.45, 2.75) is 51.4 Å². The summed E-state index contributed by atoms with van der Waals surface area (Å²) in [5.41, 5.74) is 0.413. The number of methoxy groups -OCH3 is 1. The molecule has 144 valence electrons. The first-order valence-corrected chi connectivity index (χ1v) is 9.33. The predicted octanol–water partition coefficient (Wildman–Crippen LogP) is 2.87. The van der Waals surface area contributed by atoms with Crippen molar-refractivity contribution in [2.24, 2.45) is 0 Å². The molecule has 0 radical (unpaired) electrons. The van der Waals surface area contributed by atoms with Gasteiger partial charge in [0.25, 0.3) is 0 Å². The van der Waals surface area contributed by atoms with Gasteiger partial charge in [-0.1, -0.05) is 12.1 Å². The number of benzene rings is 1. The maximum Gasteiger partial charge on any atom is 0.317 e. The molecule has 6 nitrogen and oxygen atoms in total. The van der Waals surface area contributed by atoms with Gasteiger partial charge in [-0.2, -0.15) is 0 Å². The largest absolute Gasteiger partial charge is 0.495 e. The van der Waals surface area contributed by atoms with Crippen molar-refractivity contribution in [3.05, 3.63) is 24.3 Å². The first-order chi connectivity index (χ1) is 12.2. The lowest BCUT2D eigenvalue weighted by Crippen LogP contribution is -2.61. The minimum absolute atomic E-state index is 0.00123. The van der Waals surface area contributed by atoms with Gasteiger partial charge in [-0.05, 0) is 46.2 Å². The molecule has 1 N–H and O–H groups in total. The van der Waals surface area contributed by atoms with E-state index in [9.17, 15) is 4.79 Å². The second kappa shape index (κ2) is 6.99. The fourth-order valence-electron chi connectivity index (χ4n) is 4.19. The van der Waals surface area contributed by atoms with Crippen molar-refractivity contribution in [3.63, 3.8) is 0 Å². The molecular formula is C20H31N3O3. The number of morpholine rings is 1. The van der Waals surface area contributed by atoms with Gasteiger partial charge in [-0.25, -0.2) is 4.79 Å². The number of carbonyl (C=O) groups is 1. The van der Waals surface area contributed by atoms with Crippen LogP contribution in [0, 0.1) is 0 Å². The highest BCUT2D eigenvalue weighted by atomic mass is 16.5. The van der Waals surface area contributed by atoms with E-state index in [-0.39, 0.29) is 23.3 Å². The highest BCUT2D eigenvalue weighted by molar-refractivity contribution is 5.75. The smallest absolute Gasteiger partial charge is 0.317 e. The number of nitrogens with one attached hydrogen (secondary N) is 1. The predicted molar refractivity (Wildman–Crippen MR) is 103 cm³/mol. The lowest BCUT2D eigenvalue weighted by Gasteiger charge is -2.47. The van der Waals surface area contributed by atoms with E-state index in [0.717, 1.165) is 30.9 Å². The topological polar surface area (TPSA) is 54.0 Å². The van der Waals surface area contributed by atoms with Crippen LogP contribution in [0.4, 0.5) is 10.5 Å². The van der Waals surface area contributed by atoms with Gasteiger partial charge in [0.1, 0.15) is 5.75 Å². The number of hydrogen-bond donors (Lipinski definition) is 1. The van der Waals surface area contributed by atoms with Gasteiger partial charge >= 0.3 is 6.03 Å². The molecule has 2 fully saturated rings.